The Hall–Kier alpha value is -1.33. The lowest BCUT2D eigenvalue weighted by atomic mass is 9.94. The monoisotopic (exact) mass is 292 g/mol. The maximum absolute atomic E-state index is 12.4. The van der Waals surface area contributed by atoms with Gasteiger partial charge in [-0.3, -0.25) is 4.79 Å². The number of nitrogens with one attached hydrogen (secondary N) is 1. The highest BCUT2D eigenvalue weighted by Gasteiger charge is 2.30. The average molecular weight is 292 g/mol. The molecule has 0 radical (unpaired) electrons. The fourth-order valence-corrected chi connectivity index (χ4v) is 3.35. The van der Waals surface area contributed by atoms with E-state index in [1.165, 1.54) is 12.8 Å². The summed E-state index contributed by atoms with van der Waals surface area (Å²) >= 11 is 0. The Morgan fingerprint density at radius 3 is 2.81 bits per heavy atom. The van der Waals surface area contributed by atoms with E-state index in [4.69, 9.17) is 4.74 Å². The van der Waals surface area contributed by atoms with Gasteiger partial charge in [0.2, 0.25) is 0 Å². The third-order valence-electron chi connectivity index (χ3n) is 4.73. The number of aromatic nitrogens is 1. The van der Waals surface area contributed by atoms with Crippen molar-refractivity contribution in [3.8, 4) is 0 Å². The molecule has 2 heterocycles. The molecule has 2 N–H and O–H groups in total. The van der Waals surface area contributed by atoms with Gasteiger partial charge < -0.3 is 19.7 Å². The number of aliphatic hydroxyl groups is 1. The molecular weight excluding hydrogens is 268 g/mol. The molecule has 21 heavy (non-hydrogen) atoms. The molecule has 0 bridgehead atoms. The number of carbonyl (C=O) groups excluding carboxylic acids is 1. The molecule has 0 unspecified atom stereocenters. The second kappa shape index (κ2) is 6.20. The lowest BCUT2D eigenvalue weighted by Crippen LogP contribution is -2.46. The van der Waals surface area contributed by atoms with Crippen LogP contribution in [0.1, 0.15) is 55.1 Å². The Morgan fingerprint density at radius 1 is 1.38 bits per heavy atom. The summed E-state index contributed by atoms with van der Waals surface area (Å²) in [7, 11) is 0. The molecule has 2 fully saturated rings. The van der Waals surface area contributed by atoms with Crippen LogP contribution in [-0.2, 0) is 4.74 Å². The third kappa shape index (κ3) is 3.30. The van der Waals surface area contributed by atoms with E-state index in [0.29, 0.717) is 44.3 Å². The van der Waals surface area contributed by atoms with Crippen molar-refractivity contribution in [2.45, 2.75) is 50.2 Å². The van der Waals surface area contributed by atoms with E-state index in [1.807, 2.05) is 18.3 Å². The molecule has 5 heteroatoms. The number of ether oxygens (including phenoxy) is 1. The van der Waals surface area contributed by atoms with Gasteiger partial charge in [0.05, 0.1) is 5.60 Å². The summed E-state index contributed by atoms with van der Waals surface area (Å²) in [6.45, 7) is 1.42. The fourth-order valence-electron chi connectivity index (χ4n) is 3.35. The van der Waals surface area contributed by atoms with Crippen molar-refractivity contribution in [1.82, 2.24) is 9.88 Å². The molecular formula is C16H24N2O3. The summed E-state index contributed by atoms with van der Waals surface area (Å²) in [6, 6.07) is 4.24. The highest BCUT2D eigenvalue weighted by Crippen LogP contribution is 2.30. The fraction of sp³-hybridized carbons (Fsp3) is 0.688. The number of hydrogen-bond acceptors (Lipinski definition) is 3. The lowest BCUT2D eigenvalue weighted by molar-refractivity contribution is -0.0605. The highest BCUT2D eigenvalue weighted by atomic mass is 16.5. The second-order valence-corrected chi connectivity index (χ2v) is 6.26. The SMILES string of the molecule is O=C(NCC1(O)CCOCC1)c1cccn1C1CCCC1. The third-order valence-corrected chi connectivity index (χ3v) is 4.73. The Morgan fingerprint density at radius 2 is 2.10 bits per heavy atom. The lowest BCUT2D eigenvalue weighted by Gasteiger charge is -2.32. The minimum Gasteiger partial charge on any atom is -0.388 e. The minimum atomic E-state index is -0.821. The molecule has 5 nitrogen and oxygen atoms in total. The van der Waals surface area contributed by atoms with E-state index in [9.17, 15) is 9.90 Å². The number of amides is 1. The van der Waals surface area contributed by atoms with Crippen molar-refractivity contribution < 1.29 is 14.6 Å². The molecule has 1 aliphatic carbocycles. The molecule has 1 saturated carbocycles. The summed E-state index contributed by atoms with van der Waals surface area (Å²) in [4.78, 5) is 12.4. The number of hydrogen-bond donors (Lipinski definition) is 2. The van der Waals surface area contributed by atoms with Crippen LogP contribution in [0.3, 0.4) is 0 Å². The van der Waals surface area contributed by atoms with Gasteiger partial charge in [0.1, 0.15) is 5.69 Å². The predicted molar refractivity (Wildman–Crippen MR) is 79.3 cm³/mol. The first kappa shape index (κ1) is 14.6. The second-order valence-electron chi connectivity index (χ2n) is 6.26. The zero-order valence-electron chi connectivity index (χ0n) is 12.4. The van der Waals surface area contributed by atoms with E-state index >= 15 is 0 Å². The van der Waals surface area contributed by atoms with Crippen molar-refractivity contribution in [1.29, 1.82) is 0 Å². The molecule has 116 valence electrons. The van der Waals surface area contributed by atoms with Gasteiger partial charge in [0.15, 0.2) is 0 Å². The van der Waals surface area contributed by atoms with Gasteiger partial charge in [0.25, 0.3) is 5.91 Å². The topological polar surface area (TPSA) is 63.5 Å². The maximum Gasteiger partial charge on any atom is 0.268 e. The molecule has 3 rings (SSSR count). The first-order chi connectivity index (χ1) is 10.2. The highest BCUT2D eigenvalue weighted by molar-refractivity contribution is 5.92. The van der Waals surface area contributed by atoms with Gasteiger partial charge in [-0.2, -0.15) is 0 Å². The van der Waals surface area contributed by atoms with Crippen molar-refractivity contribution in [2.24, 2.45) is 0 Å². The van der Waals surface area contributed by atoms with E-state index in [-0.39, 0.29) is 5.91 Å². The van der Waals surface area contributed by atoms with E-state index < -0.39 is 5.60 Å². The molecule has 1 aromatic heterocycles. The predicted octanol–water partition coefficient (Wildman–Crippen LogP) is 1.87. The van der Waals surface area contributed by atoms with Crippen LogP contribution in [-0.4, -0.2) is 40.9 Å². The van der Waals surface area contributed by atoms with Gasteiger partial charge in [-0.05, 0) is 25.0 Å². The summed E-state index contributed by atoms with van der Waals surface area (Å²) in [5.74, 6) is -0.0909. The summed E-state index contributed by atoms with van der Waals surface area (Å²) in [6.07, 6.45) is 7.93. The van der Waals surface area contributed by atoms with Crippen molar-refractivity contribution in [3.63, 3.8) is 0 Å². The van der Waals surface area contributed by atoms with Crippen LogP contribution in [0.2, 0.25) is 0 Å². The molecule has 1 aliphatic heterocycles. The number of carbonyl (C=O) groups is 1. The largest absolute Gasteiger partial charge is 0.388 e. The maximum atomic E-state index is 12.4. The molecule has 1 aromatic rings. The molecule has 0 spiro atoms. The normalized spacial score (nSPS) is 22.3. The van der Waals surface area contributed by atoms with Crippen molar-refractivity contribution in [2.75, 3.05) is 19.8 Å². The zero-order valence-corrected chi connectivity index (χ0v) is 12.4. The van der Waals surface area contributed by atoms with Crippen LogP contribution in [0, 0.1) is 0 Å². The quantitative estimate of drug-likeness (QED) is 0.890. The Bertz CT molecular complexity index is 485. The van der Waals surface area contributed by atoms with Crippen LogP contribution in [0.25, 0.3) is 0 Å². The molecule has 0 aromatic carbocycles. The summed E-state index contributed by atoms with van der Waals surface area (Å²) in [5, 5.41) is 13.3. The molecule has 1 saturated heterocycles. The van der Waals surface area contributed by atoms with Gasteiger partial charge in [-0.1, -0.05) is 12.8 Å². The van der Waals surface area contributed by atoms with Crippen LogP contribution >= 0.6 is 0 Å². The van der Waals surface area contributed by atoms with Crippen molar-refractivity contribution >= 4 is 5.91 Å². The van der Waals surface area contributed by atoms with Crippen LogP contribution in [0.4, 0.5) is 0 Å². The summed E-state index contributed by atoms with van der Waals surface area (Å²) in [5.41, 5.74) is -0.115. The van der Waals surface area contributed by atoms with Crippen LogP contribution in [0.15, 0.2) is 18.3 Å². The standard InChI is InChI=1S/C16H24N2O3/c19-15(17-12-16(20)7-10-21-11-8-16)14-6-3-9-18(14)13-4-1-2-5-13/h3,6,9,13,20H,1-2,4-5,7-8,10-12H2,(H,17,19). The smallest absolute Gasteiger partial charge is 0.268 e. The van der Waals surface area contributed by atoms with Gasteiger partial charge in [-0.15, -0.1) is 0 Å². The average Bonchev–Trinajstić information content (AvgIpc) is 3.16. The molecule has 1 amide bonds. The Labute approximate surface area is 125 Å². The van der Waals surface area contributed by atoms with E-state index in [0.717, 1.165) is 12.8 Å². The number of rotatable bonds is 4. The van der Waals surface area contributed by atoms with Crippen LogP contribution < -0.4 is 5.32 Å². The minimum absolute atomic E-state index is 0.0909. The summed E-state index contributed by atoms with van der Waals surface area (Å²) < 4.78 is 7.35. The number of nitrogens with zero attached hydrogens (tertiary/aromatic N) is 1. The molecule has 2 aliphatic rings. The van der Waals surface area contributed by atoms with Gasteiger partial charge in [0, 0.05) is 44.8 Å². The van der Waals surface area contributed by atoms with Crippen LogP contribution in [0.5, 0.6) is 0 Å². The van der Waals surface area contributed by atoms with Gasteiger partial charge in [-0.25, -0.2) is 0 Å². The molecule has 0 atom stereocenters. The van der Waals surface area contributed by atoms with E-state index in [1.54, 1.807) is 0 Å². The first-order valence-corrected chi connectivity index (χ1v) is 7.93. The Kier molecular flexibility index (Phi) is 4.31. The Balaban J connectivity index is 1.61. The van der Waals surface area contributed by atoms with Gasteiger partial charge >= 0.3 is 0 Å². The first-order valence-electron chi connectivity index (χ1n) is 7.93. The zero-order chi connectivity index (χ0) is 14.7. The van der Waals surface area contributed by atoms with Crippen molar-refractivity contribution in [3.05, 3.63) is 24.0 Å². The van der Waals surface area contributed by atoms with E-state index in [2.05, 4.69) is 9.88 Å².